The molecule has 0 bridgehead atoms. The molecule has 0 aliphatic rings. The van der Waals surface area contributed by atoms with Crippen molar-refractivity contribution in [1.29, 1.82) is 0 Å². The summed E-state index contributed by atoms with van der Waals surface area (Å²) in [5, 5.41) is 3.52. The van der Waals surface area contributed by atoms with Crippen LogP contribution < -0.4 is 14.8 Å². The highest BCUT2D eigenvalue weighted by atomic mass is 32.2. The average molecular weight is 415 g/mol. The Kier molecular flexibility index (Phi) is 9.55. The summed E-state index contributed by atoms with van der Waals surface area (Å²) in [5.41, 5.74) is 3.56. The molecule has 2 aromatic carbocycles. The maximum absolute atomic E-state index is 11.6. The van der Waals surface area contributed by atoms with Crippen LogP contribution in [0.1, 0.15) is 40.2 Å². The summed E-state index contributed by atoms with van der Waals surface area (Å²) in [4.78, 5) is 11.6. The van der Waals surface area contributed by atoms with Gasteiger partial charge in [-0.25, -0.2) is 0 Å². The third-order valence-electron chi connectivity index (χ3n) is 4.41. The SMILES string of the molecule is CC(CNSC(C)C)Oc1ccc(-c2ccc(CCNC(=O)C(C)C)cc2)cc1. The Balaban J connectivity index is 1.84. The lowest BCUT2D eigenvalue weighted by Gasteiger charge is -2.16. The van der Waals surface area contributed by atoms with Crippen LogP contribution in [0.3, 0.4) is 0 Å². The Bertz CT molecular complexity index is 742. The third-order valence-corrected chi connectivity index (χ3v) is 5.21. The van der Waals surface area contributed by atoms with Gasteiger partial charge in [-0.15, -0.1) is 0 Å². The minimum Gasteiger partial charge on any atom is -0.489 e. The van der Waals surface area contributed by atoms with Crippen LogP contribution in [0.25, 0.3) is 11.1 Å². The van der Waals surface area contributed by atoms with E-state index in [2.05, 4.69) is 67.2 Å². The molecule has 0 aliphatic carbocycles. The number of carbonyl (C=O) groups is 1. The van der Waals surface area contributed by atoms with Gasteiger partial charge in [0.15, 0.2) is 0 Å². The zero-order chi connectivity index (χ0) is 21.2. The first kappa shape index (κ1) is 23.3. The topological polar surface area (TPSA) is 50.4 Å². The van der Waals surface area contributed by atoms with E-state index in [9.17, 15) is 4.79 Å². The highest BCUT2D eigenvalue weighted by Gasteiger charge is 2.07. The molecule has 0 heterocycles. The van der Waals surface area contributed by atoms with Crippen molar-refractivity contribution in [3.8, 4) is 16.9 Å². The quantitative estimate of drug-likeness (QED) is 0.503. The van der Waals surface area contributed by atoms with Crippen LogP contribution in [0.15, 0.2) is 48.5 Å². The number of hydrogen-bond acceptors (Lipinski definition) is 4. The fraction of sp³-hybridized carbons (Fsp3) is 0.458. The van der Waals surface area contributed by atoms with Crippen LogP contribution in [-0.4, -0.2) is 30.4 Å². The highest BCUT2D eigenvalue weighted by Crippen LogP contribution is 2.23. The van der Waals surface area contributed by atoms with Gasteiger partial charge in [-0.3, -0.25) is 9.52 Å². The summed E-state index contributed by atoms with van der Waals surface area (Å²) < 4.78 is 9.32. The lowest BCUT2D eigenvalue weighted by Crippen LogP contribution is -2.29. The first-order valence-corrected chi connectivity index (χ1v) is 11.3. The molecule has 1 unspecified atom stereocenters. The van der Waals surface area contributed by atoms with Gasteiger partial charge < -0.3 is 10.1 Å². The maximum atomic E-state index is 11.6. The van der Waals surface area contributed by atoms with E-state index in [1.54, 1.807) is 11.9 Å². The average Bonchev–Trinajstić information content (AvgIpc) is 2.68. The van der Waals surface area contributed by atoms with E-state index in [4.69, 9.17) is 4.74 Å². The molecular formula is C24H34N2O2S. The maximum Gasteiger partial charge on any atom is 0.222 e. The van der Waals surface area contributed by atoms with Crippen molar-refractivity contribution < 1.29 is 9.53 Å². The van der Waals surface area contributed by atoms with Gasteiger partial charge in [0, 0.05) is 24.3 Å². The molecule has 0 radical (unpaired) electrons. The van der Waals surface area contributed by atoms with Gasteiger partial charge in [0.1, 0.15) is 11.9 Å². The predicted octanol–water partition coefficient (Wildman–Crippen LogP) is 5.08. The Morgan fingerprint density at radius 1 is 0.931 bits per heavy atom. The summed E-state index contributed by atoms with van der Waals surface area (Å²) >= 11 is 1.73. The molecule has 29 heavy (non-hydrogen) atoms. The van der Waals surface area contributed by atoms with E-state index in [0.29, 0.717) is 11.8 Å². The van der Waals surface area contributed by atoms with E-state index in [1.165, 1.54) is 11.1 Å². The molecule has 0 spiro atoms. The number of ether oxygens (including phenoxy) is 1. The molecule has 1 atom stereocenters. The third kappa shape index (κ3) is 8.50. The van der Waals surface area contributed by atoms with E-state index in [0.717, 1.165) is 24.3 Å². The molecule has 2 N–H and O–H groups in total. The molecule has 0 fully saturated rings. The van der Waals surface area contributed by atoms with Gasteiger partial charge >= 0.3 is 0 Å². The fourth-order valence-corrected chi connectivity index (χ4v) is 3.39. The largest absolute Gasteiger partial charge is 0.489 e. The van der Waals surface area contributed by atoms with Gasteiger partial charge in [0.05, 0.1) is 0 Å². The molecule has 1 amide bonds. The van der Waals surface area contributed by atoms with Crippen molar-refractivity contribution in [2.45, 2.75) is 52.4 Å². The van der Waals surface area contributed by atoms with Gasteiger partial charge in [-0.2, -0.15) is 0 Å². The molecule has 0 aliphatic heterocycles. The van der Waals surface area contributed by atoms with Crippen LogP contribution >= 0.6 is 11.9 Å². The Morgan fingerprint density at radius 2 is 1.52 bits per heavy atom. The summed E-state index contributed by atoms with van der Waals surface area (Å²) in [6.07, 6.45) is 0.953. The van der Waals surface area contributed by atoms with Crippen molar-refractivity contribution in [2.24, 2.45) is 5.92 Å². The normalized spacial score (nSPS) is 12.2. The second kappa shape index (κ2) is 11.9. The molecule has 158 valence electrons. The number of nitrogens with one attached hydrogen (secondary N) is 2. The van der Waals surface area contributed by atoms with Crippen LogP contribution in [0.2, 0.25) is 0 Å². The molecule has 4 nitrogen and oxygen atoms in total. The predicted molar refractivity (Wildman–Crippen MR) is 124 cm³/mol. The van der Waals surface area contributed by atoms with Crippen LogP contribution in [0.4, 0.5) is 0 Å². The summed E-state index contributed by atoms with van der Waals surface area (Å²) in [6, 6.07) is 16.7. The second-order valence-corrected chi connectivity index (χ2v) is 9.33. The zero-order valence-corrected chi connectivity index (χ0v) is 19.0. The first-order chi connectivity index (χ1) is 13.8. The highest BCUT2D eigenvalue weighted by molar-refractivity contribution is 7.97. The number of rotatable bonds is 11. The van der Waals surface area contributed by atoms with Crippen molar-refractivity contribution in [3.63, 3.8) is 0 Å². The Hall–Kier alpha value is -1.98. The molecule has 0 saturated carbocycles. The van der Waals surface area contributed by atoms with E-state index in [-0.39, 0.29) is 17.9 Å². The minimum atomic E-state index is 0.0301. The standard InChI is InChI=1S/C24H34N2O2S/c1-17(2)24(27)25-15-14-20-6-8-21(9-7-20)22-10-12-23(13-11-22)28-19(5)16-26-29-18(3)4/h6-13,17-19,26H,14-16H2,1-5H3,(H,25,27). The van der Waals surface area contributed by atoms with Crippen LogP contribution in [0, 0.1) is 5.92 Å². The van der Waals surface area contributed by atoms with Gasteiger partial charge in [-0.05, 0) is 42.2 Å². The molecule has 5 heteroatoms. The number of carbonyl (C=O) groups excluding carboxylic acids is 1. The summed E-state index contributed by atoms with van der Waals surface area (Å²) in [5.74, 6) is 1.02. The monoisotopic (exact) mass is 414 g/mol. The van der Waals surface area contributed by atoms with Crippen molar-refractivity contribution in [3.05, 3.63) is 54.1 Å². The molecule has 0 saturated heterocycles. The van der Waals surface area contributed by atoms with E-state index in [1.807, 2.05) is 26.0 Å². The van der Waals surface area contributed by atoms with Gasteiger partial charge in [0.2, 0.25) is 5.91 Å². The van der Waals surface area contributed by atoms with Crippen molar-refractivity contribution in [1.82, 2.24) is 10.0 Å². The van der Waals surface area contributed by atoms with E-state index >= 15 is 0 Å². The van der Waals surface area contributed by atoms with Crippen LogP contribution in [-0.2, 0) is 11.2 Å². The number of benzene rings is 2. The first-order valence-electron chi connectivity index (χ1n) is 10.4. The number of hydrogen-bond donors (Lipinski definition) is 2. The van der Waals surface area contributed by atoms with E-state index < -0.39 is 0 Å². The summed E-state index contributed by atoms with van der Waals surface area (Å²) in [6.45, 7) is 11.7. The smallest absolute Gasteiger partial charge is 0.222 e. The second-order valence-electron chi connectivity index (χ2n) is 7.86. The van der Waals surface area contributed by atoms with Crippen LogP contribution in [0.5, 0.6) is 5.75 Å². The molecule has 2 rings (SSSR count). The summed E-state index contributed by atoms with van der Waals surface area (Å²) in [7, 11) is 0. The molecular weight excluding hydrogens is 380 g/mol. The Labute approximate surface area is 180 Å². The van der Waals surface area contributed by atoms with Gasteiger partial charge in [0.25, 0.3) is 0 Å². The van der Waals surface area contributed by atoms with Crippen molar-refractivity contribution in [2.75, 3.05) is 13.1 Å². The lowest BCUT2D eigenvalue weighted by molar-refractivity contribution is -0.123. The van der Waals surface area contributed by atoms with Gasteiger partial charge in [-0.1, -0.05) is 76.0 Å². The fourth-order valence-electron chi connectivity index (χ4n) is 2.73. The molecule has 2 aromatic rings. The Morgan fingerprint density at radius 3 is 2.07 bits per heavy atom. The zero-order valence-electron chi connectivity index (χ0n) is 18.2. The minimum absolute atomic E-state index is 0.0301. The number of amides is 1. The molecule has 0 aromatic heterocycles. The van der Waals surface area contributed by atoms with Crippen molar-refractivity contribution >= 4 is 17.9 Å². The lowest BCUT2D eigenvalue weighted by atomic mass is 10.0.